The number of rotatable bonds is 9. The largest absolute Gasteiger partial charge is 0.463 e. The number of nitrogens with one attached hydrogen (secondary N) is 1. The topological polar surface area (TPSA) is 81.4 Å². The van der Waals surface area contributed by atoms with Crippen molar-refractivity contribution in [3.63, 3.8) is 0 Å². The van der Waals surface area contributed by atoms with Gasteiger partial charge in [-0.3, -0.25) is 9.78 Å². The molecular weight excluding hydrogens is 512 g/mol. The van der Waals surface area contributed by atoms with Crippen LogP contribution in [0.25, 0.3) is 16.5 Å². The van der Waals surface area contributed by atoms with Gasteiger partial charge in [-0.15, -0.1) is 0 Å². The van der Waals surface area contributed by atoms with E-state index in [0.29, 0.717) is 16.9 Å². The summed E-state index contributed by atoms with van der Waals surface area (Å²) in [6.45, 7) is 6.18. The summed E-state index contributed by atoms with van der Waals surface area (Å²) in [6, 6.07) is 27.3. The summed E-state index contributed by atoms with van der Waals surface area (Å²) in [4.78, 5) is 29.8. The number of aromatic nitrogens is 1. The molecule has 2 heterocycles. The van der Waals surface area contributed by atoms with Crippen molar-refractivity contribution < 1.29 is 18.7 Å². The van der Waals surface area contributed by atoms with Crippen molar-refractivity contribution in [2.45, 2.75) is 33.2 Å². The molecular formula is C35H32N2O4. The zero-order valence-corrected chi connectivity index (χ0v) is 23.4. The zero-order chi connectivity index (χ0) is 28.8. The van der Waals surface area contributed by atoms with Crippen LogP contribution in [0.4, 0.5) is 0 Å². The highest BCUT2D eigenvalue weighted by Gasteiger charge is 2.20. The van der Waals surface area contributed by atoms with E-state index in [0.717, 1.165) is 33.2 Å². The number of hydrogen-bond donors (Lipinski definition) is 1. The number of pyridine rings is 1. The first kappa shape index (κ1) is 27.6. The highest BCUT2D eigenvalue weighted by atomic mass is 16.5. The van der Waals surface area contributed by atoms with E-state index in [2.05, 4.69) is 42.3 Å². The second-order valence-corrected chi connectivity index (χ2v) is 9.98. The Morgan fingerprint density at radius 1 is 0.951 bits per heavy atom. The van der Waals surface area contributed by atoms with E-state index in [4.69, 9.17) is 9.15 Å². The molecule has 0 aliphatic carbocycles. The Morgan fingerprint density at radius 2 is 1.73 bits per heavy atom. The quantitative estimate of drug-likeness (QED) is 0.161. The normalized spacial score (nSPS) is 12.2. The summed E-state index contributed by atoms with van der Waals surface area (Å²) in [5.74, 6) is -0.00432. The van der Waals surface area contributed by atoms with Crippen LogP contribution in [0.5, 0.6) is 0 Å². The summed E-state index contributed by atoms with van der Waals surface area (Å²) < 4.78 is 11.3. The molecule has 1 amide bonds. The summed E-state index contributed by atoms with van der Waals surface area (Å²) in [6.07, 6.45) is 4.96. The molecule has 0 radical (unpaired) electrons. The van der Waals surface area contributed by atoms with Gasteiger partial charge >= 0.3 is 5.97 Å². The number of ether oxygens (including phenoxy) is 1. The molecule has 0 saturated carbocycles. The number of nitrogens with zero attached hydrogens (tertiary/aromatic N) is 1. The smallest absolute Gasteiger partial charge is 0.331 e. The highest BCUT2D eigenvalue weighted by molar-refractivity contribution is 5.97. The molecule has 0 saturated heterocycles. The standard InChI is InChI=1S/C35H32N2O4/c1-4-40-34(39)22-30(26-14-16-36-17-15-26)32-21-28-19-25(11-13-31(28)41-32)20-33(38)37-35(27-8-6-5-7-9-27)29-12-10-23(2)18-24(29)3/h5-19,21-22,35H,4,20H2,1-3H3,(H,37,38)/t35-/m0/s1. The lowest BCUT2D eigenvalue weighted by Gasteiger charge is -2.22. The maximum atomic E-state index is 13.4. The fourth-order valence-electron chi connectivity index (χ4n) is 5.00. The SMILES string of the molecule is CCOC(=O)C=C(c1ccncc1)c1cc2cc(CC(=O)N[C@@H](c3ccccc3)c3ccc(C)cc3C)ccc2o1. The number of benzene rings is 3. The van der Waals surface area contributed by atoms with Crippen LogP contribution >= 0.6 is 0 Å². The fraction of sp³-hybridized carbons (Fsp3) is 0.171. The Morgan fingerprint density at radius 3 is 2.46 bits per heavy atom. The minimum absolute atomic E-state index is 0.0819. The van der Waals surface area contributed by atoms with E-state index in [9.17, 15) is 9.59 Å². The Labute approximate surface area is 239 Å². The summed E-state index contributed by atoms with van der Waals surface area (Å²) in [5.41, 5.74) is 7.31. The molecule has 5 aromatic rings. The number of carbonyl (C=O) groups is 2. The lowest BCUT2D eigenvalue weighted by Crippen LogP contribution is -2.31. The number of fused-ring (bicyclic) bond motifs is 1. The van der Waals surface area contributed by atoms with E-state index >= 15 is 0 Å². The zero-order valence-electron chi connectivity index (χ0n) is 23.4. The van der Waals surface area contributed by atoms with Gasteiger partial charge in [0.2, 0.25) is 5.91 Å². The van der Waals surface area contributed by atoms with Gasteiger partial charge in [0.1, 0.15) is 11.3 Å². The first-order valence-electron chi connectivity index (χ1n) is 13.6. The molecule has 1 N–H and O–H groups in total. The van der Waals surface area contributed by atoms with Crippen molar-refractivity contribution >= 4 is 28.4 Å². The molecule has 6 heteroatoms. The van der Waals surface area contributed by atoms with Crippen LogP contribution in [-0.2, 0) is 20.7 Å². The first-order valence-corrected chi connectivity index (χ1v) is 13.6. The summed E-state index contributed by atoms with van der Waals surface area (Å²) in [7, 11) is 0. The molecule has 1 atom stereocenters. The van der Waals surface area contributed by atoms with Crippen molar-refractivity contribution in [3.05, 3.63) is 143 Å². The molecule has 41 heavy (non-hydrogen) atoms. The summed E-state index contributed by atoms with van der Waals surface area (Å²) in [5, 5.41) is 4.09. The lowest BCUT2D eigenvalue weighted by molar-refractivity contribution is -0.137. The average Bonchev–Trinajstić information content (AvgIpc) is 3.39. The lowest BCUT2D eigenvalue weighted by atomic mass is 9.93. The first-order chi connectivity index (χ1) is 19.9. The van der Waals surface area contributed by atoms with Gasteiger partial charge in [0.25, 0.3) is 0 Å². The molecule has 0 unspecified atom stereocenters. The molecule has 6 nitrogen and oxygen atoms in total. The van der Waals surface area contributed by atoms with E-state index in [1.807, 2.05) is 66.7 Å². The third-order valence-electron chi connectivity index (χ3n) is 6.93. The maximum Gasteiger partial charge on any atom is 0.331 e. The summed E-state index contributed by atoms with van der Waals surface area (Å²) >= 11 is 0. The molecule has 0 fully saturated rings. The van der Waals surface area contributed by atoms with Gasteiger partial charge in [-0.1, -0.05) is 60.2 Å². The van der Waals surface area contributed by atoms with Crippen molar-refractivity contribution in [2.75, 3.05) is 6.61 Å². The monoisotopic (exact) mass is 544 g/mol. The van der Waals surface area contributed by atoms with E-state index in [1.165, 1.54) is 11.6 Å². The van der Waals surface area contributed by atoms with Gasteiger partial charge < -0.3 is 14.5 Å². The van der Waals surface area contributed by atoms with Gasteiger partial charge in [0.15, 0.2) is 0 Å². The van der Waals surface area contributed by atoms with Crippen LogP contribution in [-0.4, -0.2) is 23.5 Å². The van der Waals surface area contributed by atoms with Gasteiger partial charge in [0, 0.05) is 29.4 Å². The number of esters is 1. The van der Waals surface area contributed by atoms with Crippen LogP contribution in [0, 0.1) is 13.8 Å². The number of carbonyl (C=O) groups excluding carboxylic acids is 2. The van der Waals surface area contributed by atoms with Crippen LogP contribution in [0.2, 0.25) is 0 Å². The number of aryl methyl sites for hydroxylation is 2. The minimum atomic E-state index is -0.450. The number of furan rings is 1. The van der Waals surface area contributed by atoms with Crippen LogP contribution in [0.15, 0.2) is 108 Å². The minimum Gasteiger partial charge on any atom is -0.463 e. The third kappa shape index (κ3) is 6.61. The van der Waals surface area contributed by atoms with Crippen molar-refractivity contribution in [1.82, 2.24) is 10.3 Å². The third-order valence-corrected chi connectivity index (χ3v) is 6.93. The molecule has 0 aliphatic rings. The van der Waals surface area contributed by atoms with E-state index < -0.39 is 5.97 Å². The Bertz CT molecular complexity index is 1700. The predicted molar refractivity (Wildman–Crippen MR) is 160 cm³/mol. The van der Waals surface area contributed by atoms with Crippen LogP contribution in [0.3, 0.4) is 0 Å². The molecule has 2 aromatic heterocycles. The van der Waals surface area contributed by atoms with Gasteiger partial charge in [0.05, 0.1) is 19.1 Å². The second-order valence-electron chi connectivity index (χ2n) is 9.98. The Kier molecular flexibility index (Phi) is 8.39. The molecule has 206 valence electrons. The van der Waals surface area contributed by atoms with Crippen LogP contribution < -0.4 is 5.32 Å². The van der Waals surface area contributed by atoms with Gasteiger partial charge in [-0.2, -0.15) is 0 Å². The Balaban J connectivity index is 1.41. The molecule has 0 aliphatic heterocycles. The molecule has 0 spiro atoms. The molecule has 3 aromatic carbocycles. The average molecular weight is 545 g/mol. The Hall–Kier alpha value is -4.97. The van der Waals surface area contributed by atoms with Crippen LogP contribution in [0.1, 0.15) is 52.1 Å². The number of hydrogen-bond acceptors (Lipinski definition) is 5. The van der Waals surface area contributed by atoms with Gasteiger partial charge in [-0.25, -0.2) is 4.79 Å². The highest BCUT2D eigenvalue weighted by Crippen LogP contribution is 2.30. The van der Waals surface area contributed by atoms with Gasteiger partial charge in [-0.05, 0) is 78.9 Å². The maximum absolute atomic E-state index is 13.4. The predicted octanol–water partition coefficient (Wildman–Crippen LogP) is 6.89. The number of amides is 1. The molecule has 5 rings (SSSR count). The second kappa shape index (κ2) is 12.5. The fourth-order valence-corrected chi connectivity index (χ4v) is 5.00. The molecule has 0 bridgehead atoms. The van der Waals surface area contributed by atoms with Crippen molar-refractivity contribution in [3.8, 4) is 0 Å². The van der Waals surface area contributed by atoms with E-state index in [1.54, 1.807) is 19.3 Å². The van der Waals surface area contributed by atoms with Crippen molar-refractivity contribution in [2.24, 2.45) is 0 Å². The van der Waals surface area contributed by atoms with Crippen molar-refractivity contribution in [1.29, 1.82) is 0 Å². The van der Waals surface area contributed by atoms with E-state index in [-0.39, 0.29) is 25.0 Å².